The number of anilines is 3. The van der Waals surface area contributed by atoms with E-state index in [-0.39, 0.29) is 17.7 Å². The lowest BCUT2D eigenvalue weighted by atomic mass is 9.76. The first-order chi connectivity index (χ1) is 19.3. The zero-order chi connectivity index (χ0) is 27.8. The van der Waals surface area contributed by atoms with E-state index in [4.69, 9.17) is 0 Å². The molecule has 200 valence electrons. The fourth-order valence-corrected chi connectivity index (χ4v) is 6.78. The number of aromatic nitrogens is 1. The van der Waals surface area contributed by atoms with Crippen molar-refractivity contribution in [3.63, 3.8) is 0 Å². The van der Waals surface area contributed by atoms with Gasteiger partial charge in [0, 0.05) is 47.0 Å². The Labute approximate surface area is 229 Å². The zero-order valence-electron chi connectivity index (χ0n) is 21.9. The quantitative estimate of drug-likeness (QED) is 0.299. The highest BCUT2D eigenvalue weighted by Gasteiger charge is 2.70. The Bertz CT molecular complexity index is 1740. The van der Waals surface area contributed by atoms with Crippen LogP contribution in [-0.4, -0.2) is 34.7 Å². The van der Waals surface area contributed by atoms with Crippen LogP contribution < -0.4 is 20.9 Å². The van der Waals surface area contributed by atoms with Crippen LogP contribution in [-0.2, 0) is 31.1 Å². The largest absolute Gasteiger partial charge is 0.361 e. The van der Waals surface area contributed by atoms with Crippen molar-refractivity contribution >= 4 is 51.6 Å². The molecule has 9 nitrogen and oxygen atoms in total. The van der Waals surface area contributed by atoms with Gasteiger partial charge < -0.3 is 15.6 Å². The van der Waals surface area contributed by atoms with E-state index in [9.17, 15) is 19.2 Å². The number of H-pyrrole nitrogens is 1. The maximum Gasteiger partial charge on any atom is 0.250 e. The summed E-state index contributed by atoms with van der Waals surface area (Å²) in [7, 11) is 0. The van der Waals surface area contributed by atoms with Gasteiger partial charge in [0.2, 0.25) is 23.6 Å². The van der Waals surface area contributed by atoms with E-state index in [2.05, 4.69) is 20.9 Å². The highest BCUT2D eigenvalue weighted by atomic mass is 16.2. The molecular weight excluding hydrogens is 506 g/mol. The third-order valence-corrected chi connectivity index (χ3v) is 8.43. The van der Waals surface area contributed by atoms with Gasteiger partial charge in [-0.1, -0.05) is 35.9 Å². The molecule has 4 aromatic rings. The maximum atomic E-state index is 14.2. The summed E-state index contributed by atoms with van der Waals surface area (Å²) in [6, 6.07) is 19.7. The lowest BCUT2D eigenvalue weighted by Crippen LogP contribution is -2.53. The maximum absolute atomic E-state index is 14.2. The lowest BCUT2D eigenvalue weighted by molar-refractivity contribution is -0.130. The van der Waals surface area contributed by atoms with Crippen molar-refractivity contribution in [2.24, 2.45) is 11.8 Å². The summed E-state index contributed by atoms with van der Waals surface area (Å²) in [6.07, 6.45) is 2.38. The summed E-state index contributed by atoms with van der Waals surface area (Å²) in [6.45, 7) is 3.35. The summed E-state index contributed by atoms with van der Waals surface area (Å²) in [5.74, 6) is -2.98. The lowest BCUT2D eigenvalue weighted by Gasteiger charge is -2.29. The molecule has 0 saturated carbocycles. The number of hydrogen-bond acceptors (Lipinski definition) is 5. The second-order valence-corrected chi connectivity index (χ2v) is 10.9. The third-order valence-electron chi connectivity index (χ3n) is 8.43. The fraction of sp³-hybridized carbons (Fsp3) is 0.226. The van der Waals surface area contributed by atoms with Gasteiger partial charge in [-0.05, 0) is 55.3 Å². The second kappa shape index (κ2) is 8.62. The molecule has 3 aliphatic rings. The molecular formula is C31H27N5O4. The number of imide groups is 1. The number of nitrogens with one attached hydrogen (secondary N) is 4. The Morgan fingerprint density at radius 3 is 2.55 bits per heavy atom. The number of nitrogens with zero attached hydrogens (tertiary/aromatic N) is 1. The van der Waals surface area contributed by atoms with Crippen LogP contribution in [0.25, 0.3) is 10.9 Å². The molecule has 4 amide bonds. The number of fused-ring (bicyclic) bond motifs is 5. The van der Waals surface area contributed by atoms with Crippen LogP contribution in [0.4, 0.5) is 17.1 Å². The molecule has 4 N–H and O–H groups in total. The van der Waals surface area contributed by atoms with E-state index < -0.39 is 29.3 Å². The molecule has 1 aromatic heterocycles. The molecule has 2 saturated heterocycles. The smallest absolute Gasteiger partial charge is 0.250 e. The standard InChI is InChI=1S/C31H27N5O4/c1-16-7-12-24-22(13-16)31(30(40)34-24)27-26(25(35-31)14-18-15-32-23-6-4-3-5-21(18)23)28(38)36(29(27)39)20-10-8-19(9-11-20)33-17(2)37/h3-13,15,25-27,32,35H,14H2,1-2H3,(H,33,37)(H,34,40)/t25-,26+,27-,31-/m0/s1. The van der Waals surface area contributed by atoms with Gasteiger partial charge in [-0.3, -0.25) is 24.5 Å². The first kappa shape index (κ1) is 24.3. The number of aromatic amines is 1. The van der Waals surface area contributed by atoms with Gasteiger partial charge in [-0.2, -0.15) is 0 Å². The summed E-state index contributed by atoms with van der Waals surface area (Å²) in [4.78, 5) is 58.1. The molecule has 4 atom stereocenters. The minimum Gasteiger partial charge on any atom is -0.361 e. The molecule has 3 aliphatic heterocycles. The predicted molar refractivity (Wildman–Crippen MR) is 151 cm³/mol. The number of aryl methyl sites for hydroxylation is 1. The molecule has 4 heterocycles. The van der Waals surface area contributed by atoms with Crippen molar-refractivity contribution in [1.82, 2.24) is 10.3 Å². The van der Waals surface area contributed by atoms with Gasteiger partial charge in [0.15, 0.2) is 0 Å². The molecule has 7 rings (SSSR count). The van der Waals surface area contributed by atoms with Gasteiger partial charge in [0.1, 0.15) is 5.54 Å². The second-order valence-electron chi connectivity index (χ2n) is 10.9. The van der Waals surface area contributed by atoms with Crippen LogP contribution in [0.5, 0.6) is 0 Å². The van der Waals surface area contributed by atoms with E-state index in [1.165, 1.54) is 11.8 Å². The highest BCUT2D eigenvalue weighted by molar-refractivity contribution is 6.26. The molecule has 9 heteroatoms. The number of benzene rings is 3. The van der Waals surface area contributed by atoms with Crippen molar-refractivity contribution in [2.75, 3.05) is 15.5 Å². The van der Waals surface area contributed by atoms with Crippen molar-refractivity contribution in [3.8, 4) is 0 Å². The fourth-order valence-electron chi connectivity index (χ4n) is 6.78. The Hall–Kier alpha value is -4.76. The van der Waals surface area contributed by atoms with Gasteiger partial charge in [-0.15, -0.1) is 0 Å². The highest BCUT2D eigenvalue weighted by Crippen LogP contribution is 2.54. The number of carbonyl (C=O) groups is 4. The number of hydrogen-bond donors (Lipinski definition) is 4. The summed E-state index contributed by atoms with van der Waals surface area (Å²) in [5, 5.41) is 10.2. The van der Waals surface area contributed by atoms with E-state index in [0.717, 1.165) is 22.0 Å². The molecule has 3 aromatic carbocycles. The number of amides is 4. The Morgan fingerprint density at radius 2 is 1.77 bits per heavy atom. The topological polar surface area (TPSA) is 123 Å². The van der Waals surface area contributed by atoms with E-state index in [1.54, 1.807) is 24.3 Å². The summed E-state index contributed by atoms with van der Waals surface area (Å²) >= 11 is 0. The van der Waals surface area contributed by atoms with Crippen LogP contribution in [0.1, 0.15) is 23.6 Å². The average Bonchev–Trinajstić information content (AvgIpc) is 3.64. The number of para-hydroxylation sites is 1. The SMILES string of the molecule is CC(=O)Nc1ccc(N2C(=O)[C@@H]3[C@H](Cc4c[nH]c5ccccc45)N[C@]4(C(=O)Nc5ccc(C)cc54)[C@@H]3C2=O)cc1. The summed E-state index contributed by atoms with van der Waals surface area (Å²) in [5.41, 5.74) is 3.87. The molecule has 0 aliphatic carbocycles. The molecule has 40 heavy (non-hydrogen) atoms. The minimum absolute atomic E-state index is 0.218. The molecule has 0 radical (unpaired) electrons. The zero-order valence-corrected chi connectivity index (χ0v) is 21.9. The predicted octanol–water partition coefficient (Wildman–Crippen LogP) is 3.60. The number of carbonyl (C=O) groups excluding carboxylic acids is 4. The van der Waals surface area contributed by atoms with Gasteiger partial charge in [0.25, 0.3) is 0 Å². The number of rotatable bonds is 4. The Balaban J connectivity index is 1.34. The minimum atomic E-state index is -1.37. The normalized spacial score (nSPS) is 25.0. The van der Waals surface area contributed by atoms with Crippen LogP contribution in [0, 0.1) is 18.8 Å². The summed E-state index contributed by atoms with van der Waals surface area (Å²) < 4.78 is 0. The van der Waals surface area contributed by atoms with Crippen molar-refractivity contribution in [3.05, 3.63) is 89.6 Å². The van der Waals surface area contributed by atoms with Crippen LogP contribution in [0.15, 0.2) is 72.9 Å². The molecule has 0 bridgehead atoms. The van der Waals surface area contributed by atoms with Crippen LogP contribution >= 0.6 is 0 Å². The average molecular weight is 534 g/mol. The van der Waals surface area contributed by atoms with E-state index in [0.29, 0.717) is 29.0 Å². The Kier molecular flexibility index (Phi) is 5.24. The van der Waals surface area contributed by atoms with Crippen molar-refractivity contribution < 1.29 is 19.2 Å². The monoisotopic (exact) mass is 533 g/mol. The third kappa shape index (κ3) is 3.37. The van der Waals surface area contributed by atoms with Crippen molar-refractivity contribution in [1.29, 1.82) is 0 Å². The molecule has 0 unspecified atom stereocenters. The van der Waals surface area contributed by atoms with E-state index in [1.807, 2.05) is 55.6 Å². The van der Waals surface area contributed by atoms with Gasteiger partial charge in [0.05, 0.1) is 17.5 Å². The van der Waals surface area contributed by atoms with Crippen LogP contribution in [0.3, 0.4) is 0 Å². The van der Waals surface area contributed by atoms with Gasteiger partial charge >= 0.3 is 0 Å². The van der Waals surface area contributed by atoms with Crippen LogP contribution in [0.2, 0.25) is 0 Å². The first-order valence-corrected chi connectivity index (χ1v) is 13.3. The first-order valence-electron chi connectivity index (χ1n) is 13.3. The molecule has 2 fully saturated rings. The molecule has 1 spiro atoms. The van der Waals surface area contributed by atoms with E-state index >= 15 is 0 Å². The van der Waals surface area contributed by atoms with Crippen molar-refractivity contribution in [2.45, 2.75) is 31.8 Å². The van der Waals surface area contributed by atoms with Gasteiger partial charge in [-0.25, -0.2) is 4.90 Å². The Morgan fingerprint density at radius 1 is 1.00 bits per heavy atom.